The first kappa shape index (κ1) is 30.8. The molecule has 0 amide bonds. The van der Waals surface area contributed by atoms with Gasteiger partial charge in [0.2, 0.25) is 0 Å². The fraction of sp³-hybridized carbons (Fsp3) is 0.360. The van der Waals surface area contributed by atoms with Crippen molar-refractivity contribution >= 4 is 38.2 Å². The van der Waals surface area contributed by atoms with E-state index in [2.05, 4.69) is 21.6 Å². The number of hydrogen-bond acceptors (Lipinski definition) is 8. The summed E-state index contributed by atoms with van der Waals surface area (Å²) in [6.07, 6.45) is 3.62. The molecule has 3 N–H and O–H groups in total. The first-order valence-corrected chi connectivity index (χ1v) is 11.8. The number of nitrogens with one attached hydrogen (secondary N) is 2. The molecule has 2 aromatic rings. The zero-order chi connectivity index (χ0) is 27.3. The quantitative estimate of drug-likeness (QED) is 0.144. The van der Waals surface area contributed by atoms with Gasteiger partial charge >= 0.3 is 11.8 Å². The Labute approximate surface area is 211 Å². The van der Waals surface area contributed by atoms with Crippen molar-refractivity contribution in [3.63, 3.8) is 0 Å². The summed E-state index contributed by atoms with van der Waals surface area (Å²) in [5.41, 5.74) is 1.51. The van der Waals surface area contributed by atoms with Crippen molar-refractivity contribution in [2.75, 3.05) is 11.9 Å². The fourth-order valence-electron chi connectivity index (χ4n) is 2.88. The minimum atomic E-state index is -3.37. The molecule has 11 heteroatoms. The second-order valence-corrected chi connectivity index (χ2v) is 8.18. The molecule has 2 atom stereocenters. The number of esters is 1. The number of anilines is 2. The van der Waals surface area contributed by atoms with Crippen LogP contribution in [0.3, 0.4) is 0 Å². The number of benzene rings is 1. The van der Waals surface area contributed by atoms with Gasteiger partial charge < -0.3 is 25.3 Å². The molecule has 1 aromatic heterocycles. The Kier molecular flexibility index (Phi) is 12.8. The van der Waals surface area contributed by atoms with E-state index in [9.17, 15) is 23.5 Å². The molecule has 36 heavy (non-hydrogen) atoms. The average molecular weight is 524 g/mol. The Morgan fingerprint density at radius 1 is 1.28 bits per heavy atom. The van der Waals surface area contributed by atoms with Crippen LogP contribution in [0.2, 0.25) is 0 Å². The normalized spacial score (nSPS) is 11.4. The van der Waals surface area contributed by atoms with Crippen LogP contribution >= 0.6 is 9.24 Å². The molecule has 8 nitrogen and oxygen atoms in total. The molecule has 0 saturated carbocycles. The van der Waals surface area contributed by atoms with Gasteiger partial charge in [-0.05, 0) is 64.1 Å². The van der Waals surface area contributed by atoms with Crippen molar-refractivity contribution in [3.05, 3.63) is 60.3 Å². The summed E-state index contributed by atoms with van der Waals surface area (Å²) in [4.78, 5) is 25.5. The van der Waals surface area contributed by atoms with Crippen molar-refractivity contribution in [2.24, 2.45) is 0 Å². The van der Waals surface area contributed by atoms with E-state index >= 15 is 0 Å². The predicted molar refractivity (Wildman–Crippen MR) is 138 cm³/mol. The number of aliphatic hydroxyl groups excluding tert-OH is 1. The van der Waals surface area contributed by atoms with Gasteiger partial charge in [-0.25, -0.2) is 4.98 Å². The summed E-state index contributed by atoms with van der Waals surface area (Å²) in [7, 11) is 1.30. The van der Waals surface area contributed by atoms with Crippen LogP contribution in [0.25, 0.3) is 0 Å². The Hall–Kier alpha value is -3.23. The van der Waals surface area contributed by atoms with Gasteiger partial charge in [-0.15, -0.1) is 0 Å². The molecule has 196 valence electrons. The minimum absolute atomic E-state index is 0.0180. The first-order valence-electron chi connectivity index (χ1n) is 11.2. The second kappa shape index (κ2) is 15.0. The van der Waals surface area contributed by atoms with E-state index in [-0.39, 0.29) is 23.9 Å². The smallest absolute Gasteiger partial charge is 0.408 e. The summed E-state index contributed by atoms with van der Waals surface area (Å²) in [5, 5.41) is 21.7. The number of halogens is 2. The molecule has 0 saturated heterocycles. The number of aromatic nitrogens is 1. The third kappa shape index (κ3) is 11.0. The van der Waals surface area contributed by atoms with E-state index in [1.807, 2.05) is 6.92 Å². The Morgan fingerprint density at radius 2 is 1.92 bits per heavy atom. The zero-order valence-electron chi connectivity index (χ0n) is 20.5. The summed E-state index contributed by atoms with van der Waals surface area (Å²) in [6, 6.07) is 7.33. The SMILES string of the molecule is C=CC(=O)CCC.CCC(=N)c1c(C(O)COC(C)=O)ccnc1Nc1ccc(OC(F)(F)P)cc1. The third-order valence-electron chi connectivity index (χ3n) is 4.54. The van der Waals surface area contributed by atoms with Gasteiger partial charge in [0.25, 0.3) is 0 Å². The highest BCUT2D eigenvalue weighted by molar-refractivity contribution is 7.17. The van der Waals surface area contributed by atoms with E-state index in [4.69, 9.17) is 10.1 Å². The third-order valence-corrected chi connectivity index (χ3v) is 4.65. The number of rotatable bonds is 12. The Morgan fingerprint density at radius 3 is 2.39 bits per heavy atom. The van der Waals surface area contributed by atoms with Crippen molar-refractivity contribution in [3.8, 4) is 5.75 Å². The van der Waals surface area contributed by atoms with E-state index in [0.717, 1.165) is 6.42 Å². The highest BCUT2D eigenvalue weighted by Gasteiger charge is 2.23. The number of ketones is 1. The fourth-order valence-corrected chi connectivity index (χ4v) is 3.01. The molecule has 0 fully saturated rings. The molecule has 2 unspecified atom stereocenters. The lowest BCUT2D eigenvalue weighted by Gasteiger charge is -2.19. The van der Waals surface area contributed by atoms with Crippen molar-refractivity contribution in [2.45, 2.75) is 52.0 Å². The molecule has 0 bridgehead atoms. The number of carbonyl (C=O) groups is 2. The molecule has 0 radical (unpaired) electrons. The van der Waals surface area contributed by atoms with Gasteiger partial charge in [-0.2, -0.15) is 8.78 Å². The van der Waals surface area contributed by atoms with Gasteiger partial charge in [0.05, 0.1) is 0 Å². The van der Waals surface area contributed by atoms with E-state index in [1.165, 1.54) is 52.7 Å². The van der Waals surface area contributed by atoms with Crippen LogP contribution in [0.5, 0.6) is 5.75 Å². The van der Waals surface area contributed by atoms with Gasteiger partial charge in [0, 0.05) is 36.5 Å². The molecule has 1 heterocycles. The van der Waals surface area contributed by atoms with Gasteiger partial charge in [0.1, 0.15) is 24.3 Å². The summed E-state index contributed by atoms with van der Waals surface area (Å²) >= 11 is 0. The van der Waals surface area contributed by atoms with Crippen LogP contribution < -0.4 is 10.1 Å². The van der Waals surface area contributed by atoms with E-state index in [1.54, 1.807) is 13.0 Å². The molecule has 1 aromatic carbocycles. The van der Waals surface area contributed by atoms with Crippen molar-refractivity contribution < 1.29 is 33.0 Å². The Balaban J connectivity index is 0.000000809. The maximum Gasteiger partial charge on any atom is 0.408 e. The maximum atomic E-state index is 12.9. The van der Waals surface area contributed by atoms with E-state index in [0.29, 0.717) is 35.5 Å². The van der Waals surface area contributed by atoms with E-state index < -0.39 is 17.9 Å². The van der Waals surface area contributed by atoms with Gasteiger partial charge in [-0.1, -0.05) is 20.4 Å². The average Bonchev–Trinajstić information content (AvgIpc) is 2.82. The van der Waals surface area contributed by atoms with Crippen molar-refractivity contribution in [1.82, 2.24) is 4.98 Å². The summed E-state index contributed by atoms with van der Waals surface area (Å²) in [6.45, 7) is 8.08. The highest BCUT2D eigenvalue weighted by Crippen LogP contribution is 2.30. The molecular formula is C25H32F2N3O5P. The van der Waals surface area contributed by atoms with Crippen LogP contribution in [0, 0.1) is 5.41 Å². The number of hydrogen-bond donors (Lipinski definition) is 3. The van der Waals surface area contributed by atoms with Crippen LogP contribution in [0.1, 0.15) is 57.3 Å². The Bertz CT molecular complexity index is 1040. The highest BCUT2D eigenvalue weighted by atomic mass is 31.0. The number of aliphatic hydroxyl groups is 1. The molecule has 0 aliphatic carbocycles. The van der Waals surface area contributed by atoms with Crippen LogP contribution in [0.15, 0.2) is 49.2 Å². The first-order chi connectivity index (χ1) is 16.9. The lowest BCUT2D eigenvalue weighted by atomic mass is 9.98. The van der Waals surface area contributed by atoms with Gasteiger partial charge in [0.15, 0.2) is 5.78 Å². The number of carbonyl (C=O) groups excluding carboxylic acids is 2. The molecule has 0 spiro atoms. The molecular weight excluding hydrogens is 491 g/mol. The summed E-state index contributed by atoms with van der Waals surface area (Å²) < 4.78 is 35.1. The number of nitrogens with zero attached hydrogens (tertiary/aromatic N) is 1. The number of allylic oxidation sites excluding steroid dienone is 1. The number of alkyl halides is 2. The standard InChI is InChI=1S/C19H22F2N3O4P.C6H10O/c1-3-15(22)17-14(16(26)10-27-11(2)25)8-9-23-18(17)24-12-4-6-13(7-5-12)28-19(20,21)29;1-3-5-6(7)4-2/h4-9,16,22,26H,3,10,29H2,1-2H3,(H,23,24);4H,2-3,5H2,1H3. The predicted octanol–water partition coefficient (Wildman–Crippen LogP) is 5.55. The van der Waals surface area contributed by atoms with Gasteiger partial charge in [-0.3, -0.25) is 9.59 Å². The van der Waals surface area contributed by atoms with Crippen molar-refractivity contribution in [1.29, 1.82) is 5.41 Å². The molecule has 2 rings (SSSR count). The summed E-state index contributed by atoms with van der Waals surface area (Å²) in [5.74, 6) is -3.46. The maximum absolute atomic E-state index is 12.9. The molecule has 0 aliphatic rings. The monoisotopic (exact) mass is 523 g/mol. The lowest BCUT2D eigenvalue weighted by Crippen LogP contribution is -2.16. The lowest BCUT2D eigenvalue weighted by molar-refractivity contribution is -0.144. The second-order valence-electron chi connectivity index (χ2n) is 7.51. The number of ether oxygens (including phenoxy) is 2. The topological polar surface area (TPSA) is 122 Å². The molecule has 0 aliphatic heterocycles. The zero-order valence-corrected chi connectivity index (χ0v) is 21.7. The number of pyridine rings is 1. The minimum Gasteiger partial charge on any atom is -0.463 e. The van der Waals surface area contributed by atoms with Crippen LogP contribution in [-0.4, -0.2) is 40.0 Å². The largest absolute Gasteiger partial charge is 0.463 e. The van der Waals surface area contributed by atoms with Crippen LogP contribution in [-0.2, 0) is 14.3 Å². The van der Waals surface area contributed by atoms with Crippen LogP contribution in [0.4, 0.5) is 20.3 Å².